The van der Waals surface area contributed by atoms with Gasteiger partial charge >= 0.3 is 5.97 Å². The Labute approximate surface area is 115 Å². The van der Waals surface area contributed by atoms with E-state index in [9.17, 15) is 4.79 Å². The van der Waals surface area contributed by atoms with Crippen molar-refractivity contribution in [2.45, 2.75) is 0 Å². The Kier molecular flexibility index (Phi) is 2.87. The summed E-state index contributed by atoms with van der Waals surface area (Å²) in [5.74, 6) is -0.278. The maximum atomic E-state index is 11.6. The highest BCUT2D eigenvalue weighted by molar-refractivity contribution is 7.21. The number of carbonyl (C=O) groups excluding carboxylic acids is 1. The van der Waals surface area contributed by atoms with E-state index in [0.29, 0.717) is 4.88 Å². The zero-order chi connectivity index (χ0) is 13.4. The number of fused-ring (bicyclic) bond motifs is 1. The Morgan fingerprint density at radius 2 is 2.00 bits per heavy atom. The van der Waals surface area contributed by atoms with Crippen LogP contribution in [0.1, 0.15) is 9.67 Å². The van der Waals surface area contributed by atoms with E-state index >= 15 is 0 Å². The van der Waals surface area contributed by atoms with Gasteiger partial charge in [0.1, 0.15) is 4.88 Å². The summed E-state index contributed by atoms with van der Waals surface area (Å²) in [6.45, 7) is 0. The van der Waals surface area contributed by atoms with E-state index in [1.807, 2.05) is 35.9 Å². The molecule has 96 valence electrons. The molecule has 0 aliphatic carbocycles. The standard InChI is InChI=1S/C15H13NO2S/c1-16-9-11(10-6-4-3-5-7-10)14-12(16)8-13(19-14)15(17)18-2/h3-9H,1-2H3. The van der Waals surface area contributed by atoms with Crippen LogP contribution in [0, 0.1) is 0 Å². The molecule has 3 aromatic rings. The number of methoxy groups -OCH3 is 1. The third-order valence-electron chi connectivity index (χ3n) is 3.13. The molecule has 0 saturated heterocycles. The predicted octanol–water partition coefficient (Wildman–Crippen LogP) is 3.69. The first-order chi connectivity index (χ1) is 9.20. The zero-order valence-electron chi connectivity index (χ0n) is 10.7. The summed E-state index contributed by atoms with van der Waals surface area (Å²) in [5.41, 5.74) is 3.37. The van der Waals surface area contributed by atoms with Gasteiger partial charge in [-0.1, -0.05) is 30.3 Å². The highest BCUT2D eigenvalue weighted by Gasteiger charge is 2.16. The molecule has 4 heteroatoms. The fourth-order valence-electron chi connectivity index (χ4n) is 2.18. The van der Waals surface area contributed by atoms with Gasteiger partial charge in [0.15, 0.2) is 0 Å². The van der Waals surface area contributed by atoms with Crippen molar-refractivity contribution in [1.82, 2.24) is 4.57 Å². The fourth-order valence-corrected chi connectivity index (χ4v) is 3.33. The van der Waals surface area contributed by atoms with Crippen LogP contribution in [0.15, 0.2) is 42.6 Å². The molecule has 0 unspecified atom stereocenters. The molecule has 0 N–H and O–H groups in total. The normalized spacial score (nSPS) is 10.8. The summed E-state index contributed by atoms with van der Waals surface area (Å²) in [6.07, 6.45) is 2.09. The van der Waals surface area contributed by atoms with E-state index in [1.165, 1.54) is 18.4 Å². The summed E-state index contributed by atoms with van der Waals surface area (Å²) in [4.78, 5) is 12.3. The molecule has 19 heavy (non-hydrogen) atoms. The second-order valence-electron chi connectivity index (χ2n) is 4.34. The average molecular weight is 271 g/mol. The van der Waals surface area contributed by atoms with E-state index in [0.717, 1.165) is 21.3 Å². The van der Waals surface area contributed by atoms with E-state index in [1.54, 1.807) is 0 Å². The Hall–Kier alpha value is -2.07. The van der Waals surface area contributed by atoms with Crippen molar-refractivity contribution in [3.63, 3.8) is 0 Å². The van der Waals surface area contributed by atoms with E-state index in [2.05, 4.69) is 18.3 Å². The van der Waals surface area contributed by atoms with E-state index < -0.39 is 0 Å². The molecular formula is C15H13NO2S. The van der Waals surface area contributed by atoms with Gasteiger partial charge < -0.3 is 9.30 Å². The molecule has 0 saturated carbocycles. The van der Waals surface area contributed by atoms with Gasteiger partial charge in [-0.2, -0.15) is 0 Å². The van der Waals surface area contributed by atoms with Crippen molar-refractivity contribution in [1.29, 1.82) is 0 Å². The maximum absolute atomic E-state index is 11.6. The SMILES string of the molecule is COC(=O)c1cc2c(s1)c(-c1ccccc1)cn2C. The predicted molar refractivity (Wildman–Crippen MR) is 77.6 cm³/mol. The number of hydrogen-bond donors (Lipinski definition) is 0. The van der Waals surface area contributed by atoms with Crippen molar-refractivity contribution in [2.24, 2.45) is 7.05 Å². The number of aromatic nitrogens is 1. The molecule has 1 aromatic carbocycles. The Morgan fingerprint density at radius 1 is 1.26 bits per heavy atom. The molecule has 0 radical (unpaired) electrons. The summed E-state index contributed by atoms with van der Waals surface area (Å²) in [7, 11) is 3.40. The van der Waals surface area contributed by atoms with Crippen LogP contribution in [-0.2, 0) is 11.8 Å². The third-order valence-corrected chi connectivity index (χ3v) is 4.27. The number of hydrogen-bond acceptors (Lipinski definition) is 3. The number of carbonyl (C=O) groups is 1. The lowest BCUT2D eigenvalue weighted by Gasteiger charge is -1.97. The fraction of sp³-hybridized carbons (Fsp3) is 0.133. The summed E-state index contributed by atoms with van der Waals surface area (Å²) >= 11 is 1.48. The van der Waals surface area contributed by atoms with Gasteiger partial charge in [-0.3, -0.25) is 0 Å². The van der Waals surface area contributed by atoms with Gasteiger partial charge in [0.25, 0.3) is 0 Å². The van der Waals surface area contributed by atoms with Gasteiger partial charge in [-0.15, -0.1) is 11.3 Å². The number of aryl methyl sites for hydroxylation is 1. The van der Waals surface area contributed by atoms with Crippen molar-refractivity contribution in [3.8, 4) is 11.1 Å². The average Bonchev–Trinajstić information content (AvgIpc) is 3.00. The Morgan fingerprint density at radius 3 is 2.68 bits per heavy atom. The number of esters is 1. The summed E-state index contributed by atoms with van der Waals surface area (Å²) < 4.78 is 7.94. The second kappa shape index (κ2) is 4.55. The molecule has 0 aliphatic heterocycles. The van der Waals surface area contributed by atoms with Crippen LogP contribution in [0.3, 0.4) is 0 Å². The van der Waals surface area contributed by atoms with Gasteiger partial charge in [-0.05, 0) is 11.6 Å². The minimum atomic E-state index is -0.278. The van der Waals surface area contributed by atoms with Gasteiger partial charge in [-0.25, -0.2) is 4.79 Å². The van der Waals surface area contributed by atoms with Gasteiger partial charge in [0.2, 0.25) is 0 Å². The topological polar surface area (TPSA) is 31.2 Å². The molecule has 0 bridgehead atoms. The smallest absolute Gasteiger partial charge is 0.348 e. The molecule has 0 aliphatic rings. The lowest BCUT2D eigenvalue weighted by atomic mass is 10.1. The Bertz CT molecular complexity index is 740. The van der Waals surface area contributed by atoms with Crippen LogP contribution in [-0.4, -0.2) is 17.6 Å². The molecule has 3 rings (SSSR count). The quantitative estimate of drug-likeness (QED) is 0.666. The third kappa shape index (κ3) is 1.94. The number of thiophene rings is 1. The second-order valence-corrected chi connectivity index (χ2v) is 5.39. The zero-order valence-corrected chi connectivity index (χ0v) is 11.5. The molecule has 2 aromatic heterocycles. The van der Waals surface area contributed by atoms with Gasteiger partial charge in [0.05, 0.1) is 17.3 Å². The highest BCUT2D eigenvalue weighted by Crippen LogP contribution is 2.36. The molecular weight excluding hydrogens is 258 g/mol. The lowest BCUT2D eigenvalue weighted by Crippen LogP contribution is -1.97. The first kappa shape index (κ1) is 12.0. The van der Waals surface area contributed by atoms with E-state index in [-0.39, 0.29) is 5.97 Å². The van der Waals surface area contributed by atoms with Crippen LogP contribution >= 0.6 is 11.3 Å². The molecule has 2 heterocycles. The largest absolute Gasteiger partial charge is 0.465 e. The van der Waals surface area contributed by atoms with Crippen molar-refractivity contribution in [3.05, 3.63) is 47.5 Å². The van der Waals surface area contributed by atoms with Crippen molar-refractivity contribution < 1.29 is 9.53 Å². The van der Waals surface area contributed by atoms with Crippen LogP contribution in [0.4, 0.5) is 0 Å². The van der Waals surface area contributed by atoms with Crippen LogP contribution in [0.2, 0.25) is 0 Å². The Balaban J connectivity index is 2.21. The first-order valence-electron chi connectivity index (χ1n) is 5.93. The summed E-state index contributed by atoms with van der Waals surface area (Å²) in [5, 5.41) is 0. The minimum Gasteiger partial charge on any atom is -0.465 e. The van der Waals surface area contributed by atoms with Gasteiger partial charge in [0, 0.05) is 18.8 Å². The maximum Gasteiger partial charge on any atom is 0.348 e. The molecule has 0 fully saturated rings. The van der Waals surface area contributed by atoms with Crippen LogP contribution in [0.25, 0.3) is 21.3 Å². The first-order valence-corrected chi connectivity index (χ1v) is 6.75. The highest BCUT2D eigenvalue weighted by atomic mass is 32.1. The van der Waals surface area contributed by atoms with Crippen LogP contribution < -0.4 is 0 Å². The van der Waals surface area contributed by atoms with Crippen molar-refractivity contribution in [2.75, 3.05) is 7.11 Å². The molecule has 0 atom stereocenters. The minimum absolute atomic E-state index is 0.278. The molecule has 3 nitrogen and oxygen atoms in total. The molecule has 0 spiro atoms. The van der Waals surface area contributed by atoms with Crippen LogP contribution in [0.5, 0.6) is 0 Å². The number of nitrogens with zero attached hydrogens (tertiary/aromatic N) is 1. The number of benzene rings is 1. The van der Waals surface area contributed by atoms with Crippen molar-refractivity contribution >= 4 is 27.5 Å². The number of rotatable bonds is 2. The number of ether oxygens (including phenoxy) is 1. The van der Waals surface area contributed by atoms with E-state index in [4.69, 9.17) is 4.74 Å². The molecule has 0 amide bonds. The summed E-state index contributed by atoms with van der Waals surface area (Å²) in [6, 6.07) is 12.1. The lowest BCUT2D eigenvalue weighted by molar-refractivity contribution is 0.0606. The monoisotopic (exact) mass is 271 g/mol.